The topological polar surface area (TPSA) is 76.1 Å². The SMILES string of the molecule is CC(=O)CNS(=O)(=O)CCc1ccccn1. The first-order valence-electron chi connectivity index (χ1n) is 4.86. The first-order chi connectivity index (χ1) is 7.49. The van der Waals surface area contributed by atoms with Crippen LogP contribution in [-0.4, -0.2) is 31.5 Å². The fourth-order valence-corrected chi connectivity index (χ4v) is 2.11. The molecule has 16 heavy (non-hydrogen) atoms. The summed E-state index contributed by atoms with van der Waals surface area (Å²) in [6.45, 7) is 1.19. The van der Waals surface area contributed by atoms with Crippen LogP contribution in [-0.2, 0) is 21.2 Å². The Kier molecular flexibility index (Phi) is 4.57. The molecule has 6 heteroatoms. The smallest absolute Gasteiger partial charge is 0.212 e. The number of hydrogen-bond donors (Lipinski definition) is 1. The number of aryl methyl sites for hydroxylation is 1. The molecule has 1 heterocycles. The van der Waals surface area contributed by atoms with Crippen LogP contribution in [0.4, 0.5) is 0 Å². The van der Waals surface area contributed by atoms with Gasteiger partial charge in [-0.2, -0.15) is 0 Å². The zero-order valence-electron chi connectivity index (χ0n) is 9.01. The maximum absolute atomic E-state index is 11.4. The van der Waals surface area contributed by atoms with Crippen molar-refractivity contribution < 1.29 is 13.2 Å². The quantitative estimate of drug-likeness (QED) is 0.769. The molecule has 0 bridgehead atoms. The minimum absolute atomic E-state index is 0.0582. The lowest BCUT2D eigenvalue weighted by atomic mass is 10.3. The lowest BCUT2D eigenvalue weighted by molar-refractivity contribution is -0.115. The molecule has 0 aliphatic carbocycles. The number of aromatic nitrogens is 1. The predicted molar refractivity (Wildman–Crippen MR) is 60.4 cm³/mol. The number of nitrogens with zero attached hydrogens (tertiary/aromatic N) is 1. The maximum atomic E-state index is 11.4. The standard InChI is InChI=1S/C10H14N2O3S/c1-9(13)8-12-16(14,15)7-5-10-4-2-3-6-11-10/h2-4,6,12H,5,7-8H2,1H3. The van der Waals surface area contributed by atoms with Gasteiger partial charge in [0.1, 0.15) is 5.78 Å². The van der Waals surface area contributed by atoms with E-state index >= 15 is 0 Å². The van der Waals surface area contributed by atoms with Gasteiger partial charge in [0.05, 0.1) is 12.3 Å². The van der Waals surface area contributed by atoms with Gasteiger partial charge in [-0.15, -0.1) is 0 Å². The summed E-state index contributed by atoms with van der Waals surface area (Å²) < 4.78 is 25.1. The molecule has 0 aliphatic heterocycles. The van der Waals surface area contributed by atoms with Gasteiger partial charge in [-0.25, -0.2) is 13.1 Å². The number of Topliss-reactive ketones (excluding diaryl/α,β-unsaturated/α-hetero) is 1. The van der Waals surface area contributed by atoms with Crippen LogP contribution in [0, 0.1) is 0 Å². The highest BCUT2D eigenvalue weighted by molar-refractivity contribution is 7.89. The summed E-state index contributed by atoms with van der Waals surface area (Å²) in [6, 6.07) is 5.34. The monoisotopic (exact) mass is 242 g/mol. The third kappa shape index (κ3) is 4.99. The molecular weight excluding hydrogens is 228 g/mol. The van der Waals surface area contributed by atoms with E-state index in [0.717, 1.165) is 5.69 Å². The van der Waals surface area contributed by atoms with Crippen molar-refractivity contribution in [2.75, 3.05) is 12.3 Å². The van der Waals surface area contributed by atoms with Crippen molar-refractivity contribution in [3.63, 3.8) is 0 Å². The van der Waals surface area contributed by atoms with Gasteiger partial charge in [0.25, 0.3) is 0 Å². The van der Waals surface area contributed by atoms with Crippen molar-refractivity contribution in [2.24, 2.45) is 0 Å². The molecule has 0 fully saturated rings. The number of ketones is 1. The summed E-state index contributed by atoms with van der Waals surface area (Å²) in [4.78, 5) is 14.6. The van der Waals surface area contributed by atoms with Crippen LogP contribution in [0.5, 0.6) is 0 Å². The zero-order valence-corrected chi connectivity index (χ0v) is 9.83. The zero-order chi connectivity index (χ0) is 12.0. The molecule has 0 saturated heterocycles. The molecule has 0 atom stereocenters. The molecule has 0 unspecified atom stereocenters. The van der Waals surface area contributed by atoms with Crippen LogP contribution in [0.25, 0.3) is 0 Å². The van der Waals surface area contributed by atoms with Gasteiger partial charge in [-0.05, 0) is 19.1 Å². The molecule has 0 amide bonds. The number of carbonyl (C=O) groups excluding carboxylic acids is 1. The van der Waals surface area contributed by atoms with E-state index in [1.165, 1.54) is 6.92 Å². The Morgan fingerprint density at radius 2 is 2.19 bits per heavy atom. The minimum Gasteiger partial charge on any atom is -0.299 e. The largest absolute Gasteiger partial charge is 0.299 e. The van der Waals surface area contributed by atoms with Crippen LogP contribution >= 0.6 is 0 Å². The summed E-state index contributed by atoms with van der Waals surface area (Å²) in [5, 5.41) is 0. The highest BCUT2D eigenvalue weighted by Crippen LogP contribution is 1.97. The molecule has 0 aromatic carbocycles. The molecule has 1 aromatic rings. The van der Waals surface area contributed by atoms with E-state index in [0.29, 0.717) is 6.42 Å². The molecule has 1 N–H and O–H groups in total. The molecule has 5 nitrogen and oxygen atoms in total. The Bertz CT molecular complexity index is 442. The predicted octanol–water partition coefficient (Wildman–Crippen LogP) is 0.132. The van der Waals surface area contributed by atoms with Gasteiger partial charge in [0.15, 0.2) is 0 Å². The fraction of sp³-hybridized carbons (Fsp3) is 0.400. The van der Waals surface area contributed by atoms with E-state index in [1.54, 1.807) is 24.4 Å². The molecule has 0 saturated carbocycles. The van der Waals surface area contributed by atoms with Crippen LogP contribution in [0.2, 0.25) is 0 Å². The number of hydrogen-bond acceptors (Lipinski definition) is 4. The third-order valence-corrected chi connectivity index (χ3v) is 3.22. The van der Waals surface area contributed by atoms with Crippen LogP contribution in [0.15, 0.2) is 24.4 Å². The van der Waals surface area contributed by atoms with Crippen molar-refractivity contribution in [3.05, 3.63) is 30.1 Å². The Balaban J connectivity index is 2.45. The number of carbonyl (C=O) groups is 1. The van der Waals surface area contributed by atoms with Gasteiger partial charge in [0, 0.05) is 18.3 Å². The Hall–Kier alpha value is -1.27. The van der Waals surface area contributed by atoms with Crippen LogP contribution in [0.1, 0.15) is 12.6 Å². The lowest BCUT2D eigenvalue weighted by Gasteiger charge is -2.04. The fourth-order valence-electron chi connectivity index (χ4n) is 1.07. The van der Waals surface area contributed by atoms with Crippen LogP contribution < -0.4 is 4.72 Å². The number of pyridine rings is 1. The summed E-state index contributed by atoms with van der Waals surface area (Å²) in [5.41, 5.74) is 0.718. The van der Waals surface area contributed by atoms with Crippen molar-refractivity contribution in [3.8, 4) is 0 Å². The minimum atomic E-state index is -3.39. The highest BCUT2D eigenvalue weighted by atomic mass is 32.2. The summed E-state index contributed by atoms with van der Waals surface area (Å²) in [5.74, 6) is -0.265. The van der Waals surface area contributed by atoms with Gasteiger partial charge in [-0.1, -0.05) is 6.07 Å². The summed E-state index contributed by atoms with van der Waals surface area (Å²) in [7, 11) is -3.39. The van der Waals surface area contributed by atoms with Crippen molar-refractivity contribution in [1.82, 2.24) is 9.71 Å². The highest BCUT2D eigenvalue weighted by Gasteiger charge is 2.10. The Morgan fingerprint density at radius 1 is 1.44 bits per heavy atom. The van der Waals surface area contributed by atoms with Crippen molar-refractivity contribution >= 4 is 15.8 Å². The van der Waals surface area contributed by atoms with E-state index in [1.807, 2.05) is 0 Å². The van der Waals surface area contributed by atoms with Crippen molar-refractivity contribution in [1.29, 1.82) is 0 Å². The first kappa shape index (κ1) is 12.8. The van der Waals surface area contributed by atoms with E-state index < -0.39 is 10.0 Å². The number of nitrogens with one attached hydrogen (secondary N) is 1. The second-order valence-electron chi connectivity index (χ2n) is 3.41. The molecular formula is C10H14N2O3S. The molecule has 0 aliphatic rings. The van der Waals surface area contributed by atoms with E-state index in [2.05, 4.69) is 9.71 Å². The average molecular weight is 242 g/mol. The normalized spacial score (nSPS) is 11.3. The molecule has 1 rings (SSSR count). The average Bonchev–Trinajstić information content (AvgIpc) is 2.26. The molecule has 1 aromatic heterocycles. The Labute approximate surface area is 94.9 Å². The summed E-state index contributed by atoms with van der Waals surface area (Å²) >= 11 is 0. The number of rotatable bonds is 6. The maximum Gasteiger partial charge on any atom is 0.212 e. The molecule has 88 valence electrons. The number of sulfonamides is 1. The summed E-state index contributed by atoms with van der Waals surface area (Å²) in [6.07, 6.45) is 1.96. The third-order valence-electron chi connectivity index (χ3n) is 1.89. The Morgan fingerprint density at radius 3 is 2.75 bits per heavy atom. The molecule has 0 radical (unpaired) electrons. The van der Waals surface area contributed by atoms with E-state index in [4.69, 9.17) is 0 Å². The first-order valence-corrected chi connectivity index (χ1v) is 6.51. The van der Waals surface area contributed by atoms with E-state index in [-0.39, 0.29) is 18.1 Å². The lowest BCUT2D eigenvalue weighted by Crippen LogP contribution is -2.31. The van der Waals surface area contributed by atoms with E-state index in [9.17, 15) is 13.2 Å². The van der Waals surface area contributed by atoms with Gasteiger partial charge in [0.2, 0.25) is 10.0 Å². The van der Waals surface area contributed by atoms with Gasteiger partial charge in [-0.3, -0.25) is 9.78 Å². The van der Waals surface area contributed by atoms with Gasteiger partial charge < -0.3 is 0 Å². The second-order valence-corrected chi connectivity index (χ2v) is 5.34. The van der Waals surface area contributed by atoms with Crippen LogP contribution in [0.3, 0.4) is 0 Å². The van der Waals surface area contributed by atoms with Crippen molar-refractivity contribution in [2.45, 2.75) is 13.3 Å². The second kappa shape index (κ2) is 5.72. The van der Waals surface area contributed by atoms with Gasteiger partial charge >= 0.3 is 0 Å². The molecule has 0 spiro atoms.